The predicted octanol–water partition coefficient (Wildman–Crippen LogP) is 5.53. The maximum Gasteiger partial charge on any atom is 0.335 e. The third-order valence-electron chi connectivity index (χ3n) is 6.21. The first-order valence-corrected chi connectivity index (χ1v) is 11.9. The Bertz CT molecular complexity index is 1480. The first-order chi connectivity index (χ1) is 17.7. The van der Waals surface area contributed by atoms with Gasteiger partial charge in [0.15, 0.2) is 5.11 Å². The number of carbonyl (C=O) groups is 2. The van der Waals surface area contributed by atoms with E-state index in [2.05, 4.69) is 16.4 Å². The topological polar surface area (TPSA) is 116 Å². The number of furan rings is 1. The number of rotatable bonds is 6. The number of anilines is 1. The molecular formula is C28H23N3O5S. The fourth-order valence-corrected chi connectivity index (χ4v) is 5.04. The maximum absolute atomic E-state index is 11.6. The van der Waals surface area contributed by atoms with Gasteiger partial charge in [0.2, 0.25) is 0 Å². The molecule has 0 bridgehead atoms. The van der Waals surface area contributed by atoms with Gasteiger partial charge in [-0.2, -0.15) is 0 Å². The highest BCUT2D eigenvalue weighted by atomic mass is 32.1. The van der Waals surface area contributed by atoms with Crippen LogP contribution in [0.1, 0.15) is 55.4 Å². The number of aromatic nitrogens is 1. The maximum atomic E-state index is 11.6. The van der Waals surface area contributed by atoms with Gasteiger partial charge in [-0.3, -0.25) is 4.98 Å². The number of hydrogen-bond acceptors (Lipinski definition) is 5. The van der Waals surface area contributed by atoms with Gasteiger partial charge in [-0.15, -0.1) is 0 Å². The molecule has 1 saturated heterocycles. The summed E-state index contributed by atoms with van der Waals surface area (Å²) in [7, 11) is 0. The number of carboxylic acid groups (broad SMARTS) is 2. The molecule has 8 nitrogen and oxygen atoms in total. The predicted molar refractivity (Wildman–Crippen MR) is 142 cm³/mol. The summed E-state index contributed by atoms with van der Waals surface area (Å²) >= 11 is 5.77. The monoisotopic (exact) mass is 513 g/mol. The smallest absolute Gasteiger partial charge is 0.335 e. The highest BCUT2D eigenvalue weighted by molar-refractivity contribution is 7.80. The fraction of sp³-hybridized carbons (Fsp3) is 0.143. The Kier molecular flexibility index (Phi) is 6.22. The van der Waals surface area contributed by atoms with Gasteiger partial charge < -0.3 is 24.8 Å². The molecule has 186 valence electrons. The molecule has 9 heteroatoms. The van der Waals surface area contributed by atoms with Crippen LogP contribution in [-0.2, 0) is 0 Å². The lowest BCUT2D eigenvalue weighted by atomic mass is 10.0. The minimum atomic E-state index is -1.22. The Morgan fingerprint density at radius 1 is 0.946 bits per heavy atom. The summed E-state index contributed by atoms with van der Waals surface area (Å²) < 4.78 is 6.28. The minimum absolute atomic E-state index is 0.139. The van der Waals surface area contributed by atoms with Crippen molar-refractivity contribution in [3.8, 4) is 11.3 Å². The Hall–Kier alpha value is -4.50. The second kappa shape index (κ2) is 9.51. The van der Waals surface area contributed by atoms with E-state index in [1.54, 1.807) is 18.3 Å². The largest absolute Gasteiger partial charge is 0.478 e. The molecule has 3 heterocycles. The number of aromatic carboxylic acids is 2. The fourth-order valence-electron chi connectivity index (χ4n) is 4.70. The molecule has 2 aromatic carbocycles. The summed E-state index contributed by atoms with van der Waals surface area (Å²) in [6.45, 7) is 4.05. The number of pyridine rings is 1. The number of benzene rings is 2. The molecule has 0 saturated carbocycles. The summed E-state index contributed by atoms with van der Waals surface area (Å²) in [5.74, 6) is -1.54. The molecule has 5 rings (SSSR count). The van der Waals surface area contributed by atoms with Crippen molar-refractivity contribution >= 4 is 35.0 Å². The van der Waals surface area contributed by atoms with E-state index in [1.165, 1.54) is 12.1 Å². The number of carboxylic acids is 2. The standard InChI is InChI=1S/C28H23N3O5S/c1-15-9-16(2)11-20(10-15)31-25(24(30-28(31)37)21-5-3-4-8-29-21)23-7-6-22(36-23)17-12-18(26(32)33)14-19(13-17)27(34)35/h3-14,24-25H,1-2H3,(H,30,37)(H,32,33)(H,34,35)/t24-,25-/m1/s1. The van der Waals surface area contributed by atoms with E-state index in [0.717, 1.165) is 28.6 Å². The van der Waals surface area contributed by atoms with Crippen molar-refractivity contribution in [3.63, 3.8) is 0 Å². The molecule has 0 amide bonds. The molecule has 2 atom stereocenters. The molecule has 3 N–H and O–H groups in total. The van der Waals surface area contributed by atoms with Crippen LogP contribution in [-0.4, -0.2) is 32.2 Å². The molecule has 4 aromatic rings. The van der Waals surface area contributed by atoms with E-state index in [9.17, 15) is 19.8 Å². The normalized spacial score (nSPS) is 17.0. The third-order valence-corrected chi connectivity index (χ3v) is 6.53. The van der Waals surface area contributed by atoms with Crippen molar-refractivity contribution in [2.75, 3.05) is 4.90 Å². The van der Waals surface area contributed by atoms with Gasteiger partial charge in [0.1, 0.15) is 17.6 Å². The van der Waals surface area contributed by atoms with Gasteiger partial charge in [-0.05, 0) is 91.8 Å². The summed E-state index contributed by atoms with van der Waals surface area (Å²) in [5.41, 5.74) is 3.93. The number of aryl methyl sites for hydroxylation is 2. The van der Waals surface area contributed by atoms with E-state index in [4.69, 9.17) is 16.6 Å². The van der Waals surface area contributed by atoms with Gasteiger partial charge in [0.05, 0.1) is 22.9 Å². The van der Waals surface area contributed by atoms with Crippen LogP contribution in [0.3, 0.4) is 0 Å². The zero-order valence-electron chi connectivity index (χ0n) is 20.0. The Labute approximate surface area is 218 Å². The van der Waals surface area contributed by atoms with E-state index >= 15 is 0 Å². The molecule has 2 aromatic heterocycles. The van der Waals surface area contributed by atoms with Crippen LogP contribution >= 0.6 is 12.2 Å². The average molecular weight is 514 g/mol. The van der Waals surface area contributed by atoms with Crippen LogP contribution in [0.5, 0.6) is 0 Å². The number of thiocarbonyl (C=S) groups is 1. The van der Waals surface area contributed by atoms with Crippen LogP contribution in [0.25, 0.3) is 11.3 Å². The van der Waals surface area contributed by atoms with Crippen molar-refractivity contribution in [1.29, 1.82) is 0 Å². The number of hydrogen-bond donors (Lipinski definition) is 3. The van der Waals surface area contributed by atoms with Crippen molar-refractivity contribution < 1.29 is 24.2 Å². The van der Waals surface area contributed by atoms with E-state index in [-0.39, 0.29) is 17.2 Å². The summed E-state index contributed by atoms with van der Waals surface area (Å²) in [6, 6.07) is 18.5. The first-order valence-electron chi connectivity index (χ1n) is 11.5. The second-order valence-electron chi connectivity index (χ2n) is 8.95. The molecule has 1 aliphatic heterocycles. The third kappa shape index (κ3) is 4.68. The van der Waals surface area contributed by atoms with Crippen LogP contribution in [0.2, 0.25) is 0 Å². The Morgan fingerprint density at radius 2 is 1.62 bits per heavy atom. The second-order valence-corrected chi connectivity index (χ2v) is 9.34. The number of nitrogens with one attached hydrogen (secondary N) is 1. The van der Waals surface area contributed by atoms with Crippen molar-refractivity contribution in [1.82, 2.24) is 10.3 Å². The molecule has 1 aliphatic rings. The zero-order valence-corrected chi connectivity index (χ0v) is 20.8. The van der Waals surface area contributed by atoms with E-state index in [1.807, 2.05) is 49.1 Å². The van der Waals surface area contributed by atoms with Gasteiger partial charge in [0, 0.05) is 17.4 Å². The highest BCUT2D eigenvalue weighted by Gasteiger charge is 2.42. The van der Waals surface area contributed by atoms with Crippen LogP contribution in [0.4, 0.5) is 5.69 Å². The highest BCUT2D eigenvalue weighted by Crippen LogP contribution is 2.43. The lowest BCUT2D eigenvalue weighted by Gasteiger charge is -2.26. The molecule has 0 spiro atoms. The molecular weight excluding hydrogens is 490 g/mol. The SMILES string of the molecule is Cc1cc(C)cc(N2C(=S)N[C@H](c3ccccn3)[C@H]2c2ccc(-c3cc(C(=O)O)cc(C(=O)O)c3)o2)c1. The summed E-state index contributed by atoms with van der Waals surface area (Å²) in [4.78, 5) is 29.7. The van der Waals surface area contributed by atoms with Gasteiger partial charge in [-0.1, -0.05) is 12.1 Å². The van der Waals surface area contributed by atoms with Crippen molar-refractivity contribution in [2.24, 2.45) is 0 Å². The quantitative estimate of drug-likeness (QED) is 0.286. The van der Waals surface area contributed by atoms with Crippen LogP contribution in [0, 0.1) is 13.8 Å². The van der Waals surface area contributed by atoms with Gasteiger partial charge in [-0.25, -0.2) is 9.59 Å². The van der Waals surface area contributed by atoms with E-state index < -0.39 is 18.0 Å². The Balaban J connectivity index is 1.63. The summed E-state index contributed by atoms with van der Waals surface area (Å²) in [5, 5.41) is 22.9. The van der Waals surface area contributed by atoms with Gasteiger partial charge >= 0.3 is 11.9 Å². The van der Waals surface area contributed by atoms with Crippen LogP contribution in [0.15, 0.2) is 77.3 Å². The summed E-state index contributed by atoms with van der Waals surface area (Å²) in [6.07, 6.45) is 1.72. The lowest BCUT2D eigenvalue weighted by molar-refractivity contribution is 0.0696. The van der Waals surface area contributed by atoms with Gasteiger partial charge in [0.25, 0.3) is 0 Å². The molecule has 0 radical (unpaired) electrons. The average Bonchev–Trinajstić information content (AvgIpc) is 3.48. The van der Waals surface area contributed by atoms with Crippen molar-refractivity contribution in [2.45, 2.75) is 25.9 Å². The minimum Gasteiger partial charge on any atom is -0.478 e. The Morgan fingerprint density at radius 3 is 2.22 bits per heavy atom. The molecule has 1 fully saturated rings. The molecule has 0 aliphatic carbocycles. The zero-order chi connectivity index (χ0) is 26.3. The van der Waals surface area contributed by atoms with Crippen LogP contribution < -0.4 is 10.2 Å². The molecule has 37 heavy (non-hydrogen) atoms. The first kappa shape index (κ1) is 24.2. The van der Waals surface area contributed by atoms with Crippen molar-refractivity contribution in [3.05, 3.63) is 107 Å². The lowest BCUT2D eigenvalue weighted by Crippen LogP contribution is -2.29. The van der Waals surface area contributed by atoms with E-state index in [0.29, 0.717) is 22.2 Å². The number of nitrogens with zero attached hydrogens (tertiary/aromatic N) is 2. The molecule has 0 unspecified atom stereocenters.